The maximum atomic E-state index is 12.7. The summed E-state index contributed by atoms with van der Waals surface area (Å²) in [5.74, 6) is 0.0379. The van der Waals surface area contributed by atoms with Gasteiger partial charge < -0.3 is 14.6 Å². The van der Waals surface area contributed by atoms with Gasteiger partial charge in [-0.25, -0.2) is 4.98 Å². The minimum absolute atomic E-state index is 0.0464. The molecule has 0 bridgehead atoms. The van der Waals surface area contributed by atoms with Crippen LogP contribution in [0.1, 0.15) is 63.9 Å². The highest BCUT2D eigenvalue weighted by Crippen LogP contribution is 2.29. The molecule has 2 fully saturated rings. The third-order valence-electron chi connectivity index (χ3n) is 5.11. The first-order valence-corrected chi connectivity index (χ1v) is 10.4. The summed E-state index contributed by atoms with van der Waals surface area (Å²) in [7, 11) is 0. The lowest BCUT2D eigenvalue weighted by atomic mass is 10.1. The van der Waals surface area contributed by atoms with Crippen molar-refractivity contribution in [1.82, 2.24) is 25.1 Å². The van der Waals surface area contributed by atoms with E-state index in [0.717, 1.165) is 29.4 Å². The Hall–Kier alpha value is -2.52. The highest BCUT2D eigenvalue weighted by atomic mass is 16.5. The van der Waals surface area contributed by atoms with Crippen LogP contribution in [0, 0.1) is 5.92 Å². The van der Waals surface area contributed by atoms with Crippen LogP contribution in [0.4, 0.5) is 0 Å². The van der Waals surface area contributed by atoms with E-state index in [4.69, 9.17) is 9.72 Å². The molecule has 164 valence electrons. The van der Waals surface area contributed by atoms with E-state index in [2.05, 4.69) is 42.9 Å². The Bertz CT molecular complexity index is 865. The number of imide groups is 1. The van der Waals surface area contributed by atoms with Crippen molar-refractivity contribution in [3.8, 4) is 0 Å². The van der Waals surface area contributed by atoms with Crippen molar-refractivity contribution in [2.24, 2.45) is 5.92 Å². The lowest BCUT2D eigenvalue weighted by molar-refractivity contribution is -0.147. The summed E-state index contributed by atoms with van der Waals surface area (Å²) in [6, 6.07) is 0. The summed E-state index contributed by atoms with van der Waals surface area (Å²) in [6.07, 6.45) is 2.31. The second-order valence-corrected chi connectivity index (χ2v) is 8.48. The second kappa shape index (κ2) is 9.09. The van der Waals surface area contributed by atoms with E-state index < -0.39 is 17.7 Å². The third-order valence-corrected chi connectivity index (χ3v) is 5.11. The molecule has 0 saturated carbocycles. The molecule has 2 aliphatic rings. The number of aromatic nitrogens is 2. The van der Waals surface area contributed by atoms with Gasteiger partial charge in [0.2, 0.25) is 11.8 Å². The van der Waals surface area contributed by atoms with Gasteiger partial charge in [-0.2, -0.15) is 0 Å². The van der Waals surface area contributed by atoms with Crippen LogP contribution >= 0.6 is 0 Å². The van der Waals surface area contributed by atoms with Crippen LogP contribution in [-0.2, 0) is 25.5 Å². The van der Waals surface area contributed by atoms with Crippen molar-refractivity contribution in [3.63, 3.8) is 0 Å². The predicted octanol–water partition coefficient (Wildman–Crippen LogP) is 1.17. The van der Waals surface area contributed by atoms with E-state index in [-0.39, 0.29) is 24.3 Å². The normalized spacial score (nSPS) is 21.6. The van der Waals surface area contributed by atoms with Crippen LogP contribution in [0.5, 0.6) is 0 Å². The fourth-order valence-corrected chi connectivity index (χ4v) is 3.86. The molecule has 0 spiro atoms. The number of morpholine rings is 1. The smallest absolute Gasteiger partial charge is 0.277 e. The Balaban J connectivity index is 2.10. The Kier molecular flexibility index (Phi) is 6.72. The van der Waals surface area contributed by atoms with E-state index in [9.17, 15) is 14.4 Å². The van der Waals surface area contributed by atoms with Gasteiger partial charge in [-0.1, -0.05) is 27.7 Å². The third kappa shape index (κ3) is 4.62. The molecule has 1 atom stereocenters. The number of hydrogen-bond acceptors (Lipinski definition) is 6. The first kappa shape index (κ1) is 22.2. The first-order valence-electron chi connectivity index (χ1n) is 10.4. The number of imidazole rings is 1. The Morgan fingerprint density at radius 1 is 1.30 bits per heavy atom. The van der Waals surface area contributed by atoms with Crippen LogP contribution in [0.15, 0.2) is 5.70 Å². The number of nitrogens with one attached hydrogen (secondary N) is 2. The fourth-order valence-electron chi connectivity index (χ4n) is 3.86. The number of piperazine rings is 1. The molecule has 9 heteroatoms. The molecule has 1 aromatic heterocycles. The molecule has 3 amide bonds. The van der Waals surface area contributed by atoms with Crippen LogP contribution in [0.3, 0.4) is 0 Å². The number of ether oxygens (including phenoxy) is 1. The van der Waals surface area contributed by atoms with Crippen molar-refractivity contribution in [2.45, 2.75) is 53.1 Å². The zero-order valence-corrected chi connectivity index (χ0v) is 18.3. The van der Waals surface area contributed by atoms with Gasteiger partial charge in [0, 0.05) is 25.6 Å². The molecule has 0 radical (unpaired) electrons. The summed E-state index contributed by atoms with van der Waals surface area (Å²) in [5.41, 5.74) is 1.65. The van der Waals surface area contributed by atoms with Gasteiger partial charge in [0.05, 0.1) is 18.9 Å². The lowest BCUT2D eigenvalue weighted by Gasteiger charge is -2.29. The summed E-state index contributed by atoms with van der Waals surface area (Å²) in [6.45, 7) is 11.4. The molecule has 0 aromatic carbocycles. The maximum absolute atomic E-state index is 12.7. The number of nitrogens with zero attached hydrogens (tertiary/aromatic N) is 3. The van der Waals surface area contributed by atoms with Gasteiger partial charge in [-0.05, 0) is 17.9 Å². The standard InChI is InChI=1S/C21H31N5O4/c1-12(2)8-17-23-15(9-16-21(29)25(14(5)27)10-19(28)24-16)20(13(3)4)26(17)18-11-30-7-6-22-18/h9,12-13,18,22H,6-8,10-11H2,1-5H3,(H,24,28). The summed E-state index contributed by atoms with van der Waals surface area (Å²) < 4.78 is 7.85. The van der Waals surface area contributed by atoms with Crippen LogP contribution < -0.4 is 10.6 Å². The molecule has 3 rings (SSSR count). The van der Waals surface area contributed by atoms with E-state index in [1.165, 1.54) is 6.92 Å². The minimum atomic E-state index is -0.518. The van der Waals surface area contributed by atoms with Crippen LogP contribution in [0.2, 0.25) is 0 Å². The van der Waals surface area contributed by atoms with Gasteiger partial charge in [0.1, 0.15) is 24.2 Å². The average molecular weight is 418 g/mol. The van der Waals surface area contributed by atoms with E-state index in [1.807, 2.05) is 0 Å². The molecule has 2 N–H and O–H groups in total. The van der Waals surface area contributed by atoms with Crippen molar-refractivity contribution in [3.05, 3.63) is 22.9 Å². The lowest BCUT2D eigenvalue weighted by Crippen LogP contribution is -2.51. The summed E-state index contributed by atoms with van der Waals surface area (Å²) in [5, 5.41) is 6.09. The predicted molar refractivity (Wildman–Crippen MR) is 111 cm³/mol. The van der Waals surface area contributed by atoms with Crippen molar-refractivity contribution in [1.29, 1.82) is 0 Å². The van der Waals surface area contributed by atoms with Crippen molar-refractivity contribution >= 4 is 23.8 Å². The van der Waals surface area contributed by atoms with Gasteiger partial charge in [-0.3, -0.25) is 24.6 Å². The molecular weight excluding hydrogens is 386 g/mol. The zero-order chi connectivity index (χ0) is 22.0. The number of hydrogen-bond donors (Lipinski definition) is 2. The number of carbonyl (C=O) groups is 3. The molecule has 9 nitrogen and oxygen atoms in total. The monoisotopic (exact) mass is 417 g/mol. The molecule has 2 saturated heterocycles. The number of amides is 3. The molecule has 1 aromatic rings. The van der Waals surface area contributed by atoms with E-state index in [0.29, 0.717) is 24.8 Å². The van der Waals surface area contributed by atoms with Crippen LogP contribution in [0.25, 0.3) is 6.08 Å². The van der Waals surface area contributed by atoms with Crippen LogP contribution in [-0.4, -0.2) is 58.5 Å². The topological polar surface area (TPSA) is 106 Å². The average Bonchev–Trinajstić information content (AvgIpc) is 3.02. The van der Waals surface area contributed by atoms with Crippen molar-refractivity contribution in [2.75, 3.05) is 26.3 Å². The van der Waals surface area contributed by atoms with Gasteiger partial charge in [-0.15, -0.1) is 0 Å². The maximum Gasteiger partial charge on any atom is 0.277 e. The Labute approximate surface area is 176 Å². The zero-order valence-electron chi connectivity index (χ0n) is 18.3. The molecule has 30 heavy (non-hydrogen) atoms. The second-order valence-electron chi connectivity index (χ2n) is 8.48. The quantitative estimate of drug-likeness (QED) is 0.697. The van der Waals surface area contributed by atoms with E-state index >= 15 is 0 Å². The molecule has 3 heterocycles. The van der Waals surface area contributed by atoms with Gasteiger partial charge >= 0.3 is 0 Å². The largest absolute Gasteiger partial charge is 0.377 e. The Morgan fingerprint density at radius 3 is 2.60 bits per heavy atom. The SMILES string of the molecule is CC(=O)N1CC(=O)NC(=Cc2nc(CC(C)C)n(C3COCCN3)c2C(C)C)C1=O. The molecule has 0 aliphatic carbocycles. The van der Waals surface area contributed by atoms with Crippen molar-refractivity contribution < 1.29 is 19.1 Å². The molecular formula is C21H31N5O4. The highest BCUT2D eigenvalue weighted by molar-refractivity contribution is 6.12. The van der Waals surface area contributed by atoms with Gasteiger partial charge in [0.15, 0.2) is 0 Å². The summed E-state index contributed by atoms with van der Waals surface area (Å²) in [4.78, 5) is 42.4. The minimum Gasteiger partial charge on any atom is -0.377 e. The highest BCUT2D eigenvalue weighted by Gasteiger charge is 2.32. The number of rotatable bonds is 5. The Morgan fingerprint density at radius 2 is 2.03 bits per heavy atom. The molecule has 1 unspecified atom stereocenters. The van der Waals surface area contributed by atoms with E-state index in [1.54, 1.807) is 6.08 Å². The fraction of sp³-hybridized carbons (Fsp3) is 0.619. The molecule has 2 aliphatic heterocycles. The summed E-state index contributed by atoms with van der Waals surface area (Å²) >= 11 is 0. The van der Waals surface area contributed by atoms with Gasteiger partial charge in [0.25, 0.3) is 5.91 Å². The number of carbonyl (C=O) groups excluding carboxylic acids is 3. The first-order chi connectivity index (χ1) is 14.2.